The van der Waals surface area contributed by atoms with Crippen LogP contribution in [0, 0.1) is 0 Å². The monoisotopic (exact) mass is 176 g/mol. The standard InChI is InChI=1S/C5H12.C3H4S2/c1-3-5-4-2;1-2-4-5-3-1/h3-5H2,1-2H3;1-2H,3H2. The number of unbranched alkanes of at least 4 members (excludes halogenated alkanes) is 2. The fraction of sp³-hybridized carbons (Fsp3) is 0.750. The van der Waals surface area contributed by atoms with Crippen LogP contribution in [0.4, 0.5) is 0 Å². The van der Waals surface area contributed by atoms with E-state index in [0.29, 0.717) is 0 Å². The predicted octanol–water partition coefficient (Wildman–Crippen LogP) is 4.09. The first-order chi connectivity index (χ1) is 4.91. The van der Waals surface area contributed by atoms with E-state index in [0.717, 1.165) is 0 Å². The van der Waals surface area contributed by atoms with E-state index >= 15 is 0 Å². The summed E-state index contributed by atoms with van der Waals surface area (Å²) in [5.41, 5.74) is 0. The molecule has 1 heterocycles. The Morgan fingerprint density at radius 3 is 2.10 bits per heavy atom. The molecule has 0 aromatic carbocycles. The molecule has 1 aliphatic heterocycles. The number of rotatable bonds is 2. The van der Waals surface area contributed by atoms with Crippen molar-refractivity contribution in [3.8, 4) is 0 Å². The molecule has 1 aliphatic rings. The quantitative estimate of drug-likeness (QED) is 0.581. The average Bonchev–Trinajstić information content (AvgIpc) is 2.44. The van der Waals surface area contributed by atoms with Gasteiger partial charge in [0.05, 0.1) is 0 Å². The van der Waals surface area contributed by atoms with Crippen LogP contribution in [-0.4, -0.2) is 5.75 Å². The molecule has 60 valence electrons. The van der Waals surface area contributed by atoms with Gasteiger partial charge in [-0.25, -0.2) is 0 Å². The van der Waals surface area contributed by atoms with Gasteiger partial charge in [0.25, 0.3) is 0 Å². The van der Waals surface area contributed by atoms with Crippen LogP contribution in [0.5, 0.6) is 0 Å². The lowest BCUT2D eigenvalue weighted by molar-refractivity contribution is 0.772. The molecule has 0 radical (unpaired) electrons. The molecule has 10 heavy (non-hydrogen) atoms. The van der Waals surface area contributed by atoms with Crippen LogP contribution in [0.25, 0.3) is 0 Å². The summed E-state index contributed by atoms with van der Waals surface area (Å²) in [6.45, 7) is 4.42. The molecule has 0 saturated heterocycles. The summed E-state index contributed by atoms with van der Waals surface area (Å²) in [6.07, 6.45) is 6.24. The molecular formula is C8H16S2. The number of hydrogen-bond acceptors (Lipinski definition) is 2. The molecule has 0 aliphatic carbocycles. The van der Waals surface area contributed by atoms with Gasteiger partial charge in [-0.05, 0) is 5.41 Å². The maximum atomic E-state index is 2.21. The fourth-order valence-electron chi connectivity index (χ4n) is 0.550. The SMILES string of the molecule is C1=CSSC1.CCCCC. The van der Waals surface area contributed by atoms with Gasteiger partial charge in [-0.2, -0.15) is 0 Å². The van der Waals surface area contributed by atoms with E-state index in [1.54, 1.807) is 0 Å². The van der Waals surface area contributed by atoms with E-state index in [4.69, 9.17) is 0 Å². The largest absolute Gasteiger partial charge is 0.0854 e. The van der Waals surface area contributed by atoms with Crippen molar-refractivity contribution in [3.05, 3.63) is 11.5 Å². The Morgan fingerprint density at radius 2 is 2.00 bits per heavy atom. The molecule has 0 amide bonds. The highest BCUT2D eigenvalue weighted by Crippen LogP contribution is 2.27. The molecule has 0 atom stereocenters. The molecule has 0 fully saturated rings. The fourth-order valence-corrected chi connectivity index (χ4v) is 2.12. The van der Waals surface area contributed by atoms with E-state index in [1.165, 1.54) is 25.0 Å². The van der Waals surface area contributed by atoms with Crippen LogP contribution in [-0.2, 0) is 0 Å². The molecule has 0 N–H and O–H groups in total. The molecule has 0 nitrogen and oxygen atoms in total. The Kier molecular flexibility index (Phi) is 9.86. The highest BCUT2D eigenvalue weighted by molar-refractivity contribution is 8.78. The highest BCUT2D eigenvalue weighted by atomic mass is 33.1. The van der Waals surface area contributed by atoms with Crippen LogP contribution in [0.1, 0.15) is 33.1 Å². The third-order valence-corrected chi connectivity index (χ3v) is 3.01. The molecule has 1 rings (SSSR count). The molecule has 0 unspecified atom stereocenters. The molecule has 2 heteroatoms. The first kappa shape index (κ1) is 10.4. The van der Waals surface area contributed by atoms with Crippen LogP contribution < -0.4 is 0 Å². The van der Waals surface area contributed by atoms with E-state index in [2.05, 4.69) is 25.3 Å². The zero-order valence-corrected chi connectivity index (χ0v) is 8.43. The molecular weight excluding hydrogens is 160 g/mol. The zero-order valence-electron chi connectivity index (χ0n) is 6.80. The second-order valence-electron chi connectivity index (χ2n) is 2.11. The first-order valence-electron chi connectivity index (χ1n) is 3.85. The normalized spacial score (nSPS) is 14.6. The molecule has 0 bridgehead atoms. The maximum Gasteiger partial charge on any atom is 0.0229 e. The van der Waals surface area contributed by atoms with Gasteiger partial charge in [0.15, 0.2) is 0 Å². The minimum absolute atomic E-state index is 1.20. The van der Waals surface area contributed by atoms with Crippen molar-refractivity contribution >= 4 is 21.6 Å². The van der Waals surface area contributed by atoms with Gasteiger partial charge in [0, 0.05) is 5.75 Å². The van der Waals surface area contributed by atoms with Gasteiger partial charge < -0.3 is 0 Å². The van der Waals surface area contributed by atoms with Crippen molar-refractivity contribution in [2.75, 3.05) is 5.75 Å². The van der Waals surface area contributed by atoms with E-state index < -0.39 is 0 Å². The van der Waals surface area contributed by atoms with Crippen molar-refractivity contribution in [2.45, 2.75) is 33.1 Å². The molecule has 0 saturated carbocycles. The Balaban J connectivity index is 0.000000162. The Bertz CT molecular complexity index is 71.3. The van der Waals surface area contributed by atoms with Crippen LogP contribution in [0.3, 0.4) is 0 Å². The summed E-state index contributed by atoms with van der Waals surface area (Å²) in [5, 5.41) is 2.12. The van der Waals surface area contributed by atoms with Gasteiger partial charge >= 0.3 is 0 Å². The lowest BCUT2D eigenvalue weighted by Crippen LogP contribution is -1.59. The predicted molar refractivity (Wildman–Crippen MR) is 54.4 cm³/mol. The second kappa shape index (κ2) is 9.44. The third kappa shape index (κ3) is 8.44. The minimum atomic E-state index is 1.20. The highest BCUT2D eigenvalue weighted by Gasteiger charge is 1.85. The average molecular weight is 176 g/mol. The van der Waals surface area contributed by atoms with Gasteiger partial charge in [-0.1, -0.05) is 60.8 Å². The Hall–Kier alpha value is 0.440. The molecule has 0 aromatic heterocycles. The molecule has 0 spiro atoms. The third-order valence-electron chi connectivity index (χ3n) is 1.09. The summed E-state index contributed by atoms with van der Waals surface area (Å²) in [6, 6.07) is 0. The van der Waals surface area contributed by atoms with Gasteiger partial charge in [-0.15, -0.1) is 0 Å². The van der Waals surface area contributed by atoms with Gasteiger partial charge in [-0.3, -0.25) is 0 Å². The smallest absolute Gasteiger partial charge is 0.0229 e. The van der Waals surface area contributed by atoms with Crippen molar-refractivity contribution in [3.63, 3.8) is 0 Å². The van der Waals surface area contributed by atoms with Crippen LogP contribution in [0.2, 0.25) is 0 Å². The zero-order chi connectivity index (χ0) is 7.66. The topological polar surface area (TPSA) is 0 Å². The van der Waals surface area contributed by atoms with Crippen molar-refractivity contribution in [1.82, 2.24) is 0 Å². The minimum Gasteiger partial charge on any atom is -0.0854 e. The summed E-state index contributed by atoms with van der Waals surface area (Å²) in [4.78, 5) is 0. The van der Waals surface area contributed by atoms with E-state index in [1.807, 2.05) is 21.6 Å². The summed E-state index contributed by atoms with van der Waals surface area (Å²) < 4.78 is 0. The number of hydrogen-bond donors (Lipinski definition) is 0. The van der Waals surface area contributed by atoms with Crippen molar-refractivity contribution < 1.29 is 0 Å². The van der Waals surface area contributed by atoms with Crippen molar-refractivity contribution in [2.24, 2.45) is 0 Å². The summed E-state index contributed by atoms with van der Waals surface area (Å²) in [5.74, 6) is 1.20. The van der Waals surface area contributed by atoms with E-state index in [-0.39, 0.29) is 0 Å². The Labute approximate surface area is 72.3 Å². The lowest BCUT2D eigenvalue weighted by Gasteiger charge is -1.79. The van der Waals surface area contributed by atoms with Gasteiger partial charge in [0.2, 0.25) is 0 Å². The van der Waals surface area contributed by atoms with Crippen LogP contribution >= 0.6 is 21.6 Å². The Morgan fingerprint density at radius 1 is 1.30 bits per heavy atom. The maximum absolute atomic E-state index is 2.21. The van der Waals surface area contributed by atoms with Gasteiger partial charge in [0.1, 0.15) is 0 Å². The van der Waals surface area contributed by atoms with Crippen molar-refractivity contribution in [1.29, 1.82) is 0 Å². The second-order valence-corrected chi connectivity index (χ2v) is 4.42. The van der Waals surface area contributed by atoms with E-state index in [9.17, 15) is 0 Å². The summed E-state index contributed by atoms with van der Waals surface area (Å²) >= 11 is 0. The summed E-state index contributed by atoms with van der Waals surface area (Å²) in [7, 11) is 3.69. The lowest BCUT2D eigenvalue weighted by atomic mass is 10.3. The first-order valence-corrected chi connectivity index (χ1v) is 6.23. The van der Waals surface area contributed by atoms with Crippen LogP contribution in [0.15, 0.2) is 11.5 Å². The molecule has 0 aromatic rings.